The molecule has 0 unspecified atom stereocenters. The van der Waals surface area contributed by atoms with Crippen molar-refractivity contribution >= 4 is 34.7 Å². The zero-order valence-electron chi connectivity index (χ0n) is 22.4. The van der Waals surface area contributed by atoms with Crippen LogP contribution in [0.3, 0.4) is 0 Å². The van der Waals surface area contributed by atoms with E-state index in [0.29, 0.717) is 34.0 Å². The molecule has 3 rings (SSSR count). The number of amides is 2. The van der Waals surface area contributed by atoms with E-state index in [-0.39, 0.29) is 11.8 Å². The molecule has 0 aliphatic rings. The molecule has 1 aromatic heterocycles. The third kappa shape index (κ3) is 6.91. The van der Waals surface area contributed by atoms with Gasteiger partial charge in [0, 0.05) is 62.5 Å². The molecule has 2 N–H and O–H groups in total. The first-order valence-electron chi connectivity index (χ1n) is 11.9. The first-order valence-corrected chi connectivity index (χ1v) is 11.9. The summed E-state index contributed by atoms with van der Waals surface area (Å²) in [5, 5.41) is 10.3. The number of aryl methyl sites for hydroxylation is 1. The van der Waals surface area contributed by atoms with E-state index in [0.717, 1.165) is 11.3 Å². The van der Waals surface area contributed by atoms with Gasteiger partial charge in [-0.1, -0.05) is 38.1 Å². The third-order valence-corrected chi connectivity index (χ3v) is 5.44. The number of carbonyl (C=O) groups is 2. The Hall–Kier alpha value is -4.20. The van der Waals surface area contributed by atoms with Crippen LogP contribution < -0.4 is 15.5 Å². The Morgan fingerprint density at radius 3 is 2.28 bits per heavy atom. The van der Waals surface area contributed by atoms with Crippen molar-refractivity contribution in [3.63, 3.8) is 0 Å². The maximum absolute atomic E-state index is 12.8. The van der Waals surface area contributed by atoms with Crippen LogP contribution in [-0.4, -0.2) is 48.4 Å². The number of anilines is 3. The minimum Gasteiger partial charge on any atom is -0.378 e. The van der Waals surface area contributed by atoms with Gasteiger partial charge in [-0.3, -0.25) is 19.3 Å². The van der Waals surface area contributed by atoms with Crippen molar-refractivity contribution in [2.45, 2.75) is 27.7 Å². The second kappa shape index (κ2) is 13.0. The molecule has 8 heteroatoms. The molecule has 0 aliphatic carbocycles. The lowest BCUT2D eigenvalue weighted by atomic mass is 10.1. The summed E-state index contributed by atoms with van der Waals surface area (Å²) in [4.78, 5) is 31.3. The molecule has 2 amide bonds. The Balaban J connectivity index is 0.00000222. The predicted molar refractivity (Wildman–Crippen MR) is 150 cm³/mol. The molecule has 0 radical (unpaired) electrons. The molecule has 0 saturated carbocycles. The highest BCUT2D eigenvalue weighted by Crippen LogP contribution is 2.24. The number of nitrogens with zero attached hydrogens (tertiary/aromatic N) is 4. The third-order valence-electron chi connectivity index (χ3n) is 5.44. The van der Waals surface area contributed by atoms with Crippen molar-refractivity contribution < 1.29 is 9.59 Å². The van der Waals surface area contributed by atoms with Gasteiger partial charge in [0.05, 0.1) is 11.3 Å². The summed E-state index contributed by atoms with van der Waals surface area (Å²) in [6, 6.07) is 16.6. The van der Waals surface area contributed by atoms with Crippen LogP contribution in [0.5, 0.6) is 0 Å². The largest absolute Gasteiger partial charge is 0.378 e. The molecule has 36 heavy (non-hydrogen) atoms. The molecular weight excluding hydrogens is 452 g/mol. The van der Waals surface area contributed by atoms with Gasteiger partial charge in [0.2, 0.25) is 0 Å². The van der Waals surface area contributed by atoms with Gasteiger partial charge in [-0.15, -0.1) is 0 Å². The second-order valence-electron chi connectivity index (χ2n) is 7.98. The first-order chi connectivity index (χ1) is 17.2. The fraction of sp³-hybridized carbons (Fsp3) is 0.286. The molecule has 3 aromatic rings. The topological polar surface area (TPSA) is 91.6 Å². The SMILES string of the molecule is C/C=C(/C(=O)Nc1ccc(-c2cc(NC(=O)c3cccc(N(C)C)c3)n(C)n2)cc1)C(C)=NC.CC. The van der Waals surface area contributed by atoms with Crippen LogP contribution in [0.1, 0.15) is 38.1 Å². The van der Waals surface area contributed by atoms with Crippen molar-refractivity contribution in [2.75, 3.05) is 36.7 Å². The van der Waals surface area contributed by atoms with Crippen molar-refractivity contribution in [1.82, 2.24) is 9.78 Å². The van der Waals surface area contributed by atoms with Gasteiger partial charge in [0.1, 0.15) is 5.82 Å². The predicted octanol–water partition coefficient (Wildman–Crippen LogP) is 5.41. The van der Waals surface area contributed by atoms with Crippen LogP contribution in [0.2, 0.25) is 0 Å². The molecule has 190 valence electrons. The lowest BCUT2D eigenvalue weighted by Gasteiger charge is -2.13. The molecule has 0 bridgehead atoms. The normalized spacial score (nSPS) is 11.3. The number of hydrogen-bond donors (Lipinski definition) is 2. The average molecular weight is 489 g/mol. The average Bonchev–Trinajstić information content (AvgIpc) is 3.25. The molecule has 0 fully saturated rings. The lowest BCUT2D eigenvalue weighted by Crippen LogP contribution is -2.18. The van der Waals surface area contributed by atoms with E-state index in [1.807, 2.05) is 88.3 Å². The van der Waals surface area contributed by atoms with Gasteiger partial charge in [0.15, 0.2) is 0 Å². The Morgan fingerprint density at radius 2 is 1.69 bits per heavy atom. The van der Waals surface area contributed by atoms with Gasteiger partial charge in [0.25, 0.3) is 11.8 Å². The second-order valence-corrected chi connectivity index (χ2v) is 7.98. The van der Waals surface area contributed by atoms with Crippen LogP contribution in [0.15, 0.2) is 71.2 Å². The molecule has 1 heterocycles. The minimum atomic E-state index is -0.209. The molecule has 0 spiro atoms. The Morgan fingerprint density at radius 1 is 1.03 bits per heavy atom. The van der Waals surface area contributed by atoms with E-state index in [9.17, 15) is 9.59 Å². The fourth-order valence-corrected chi connectivity index (χ4v) is 3.39. The first kappa shape index (κ1) is 28.0. The van der Waals surface area contributed by atoms with E-state index in [1.165, 1.54) is 0 Å². The van der Waals surface area contributed by atoms with Crippen LogP contribution in [-0.2, 0) is 11.8 Å². The van der Waals surface area contributed by atoms with Gasteiger partial charge in [-0.25, -0.2) is 0 Å². The molecular formula is C28H36N6O2. The summed E-state index contributed by atoms with van der Waals surface area (Å²) >= 11 is 0. The number of hydrogen-bond acceptors (Lipinski definition) is 5. The zero-order chi connectivity index (χ0) is 26.8. The van der Waals surface area contributed by atoms with E-state index in [2.05, 4.69) is 20.7 Å². The summed E-state index contributed by atoms with van der Waals surface area (Å²) in [5.74, 6) is 0.168. The molecule has 0 saturated heterocycles. The Labute approximate surface area is 213 Å². The maximum Gasteiger partial charge on any atom is 0.257 e. The highest BCUT2D eigenvalue weighted by molar-refractivity contribution is 6.24. The van der Waals surface area contributed by atoms with Gasteiger partial charge in [-0.05, 0) is 44.2 Å². The molecule has 0 aliphatic heterocycles. The quantitative estimate of drug-likeness (QED) is 0.344. The number of aromatic nitrogens is 2. The summed E-state index contributed by atoms with van der Waals surface area (Å²) in [5.41, 5.74) is 4.97. The monoisotopic (exact) mass is 488 g/mol. The fourth-order valence-electron chi connectivity index (χ4n) is 3.39. The van der Waals surface area contributed by atoms with Gasteiger partial charge < -0.3 is 15.5 Å². The highest BCUT2D eigenvalue weighted by Gasteiger charge is 2.14. The van der Waals surface area contributed by atoms with Crippen molar-refractivity contribution in [3.8, 4) is 11.3 Å². The number of carbonyl (C=O) groups excluding carboxylic acids is 2. The van der Waals surface area contributed by atoms with Crippen LogP contribution in [0, 0.1) is 0 Å². The Kier molecular flexibility index (Phi) is 10.2. The molecule has 0 atom stereocenters. The van der Waals surface area contributed by atoms with Crippen LogP contribution in [0.4, 0.5) is 17.2 Å². The number of allylic oxidation sites excluding steroid dienone is 1. The van der Waals surface area contributed by atoms with Crippen molar-refractivity contribution in [3.05, 3.63) is 71.8 Å². The highest BCUT2D eigenvalue weighted by atomic mass is 16.2. The maximum atomic E-state index is 12.8. The van der Waals surface area contributed by atoms with Gasteiger partial charge in [-0.2, -0.15) is 5.10 Å². The zero-order valence-corrected chi connectivity index (χ0v) is 22.4. The summed E-state index contributed by atoms with van der Waals surface area (Å²) in [7, 11) is 7.30. The number of aliphatic imine (C=N–C) groups is 1. The lowest BCUT2D eigenvalue weighted by molar-refractivity contribution is -0.112. The summed E-state index contributed by atoms with van der Waals surface area (Å²) in [6.45, 7) is 7.61. The van der Waals surface area contributed by atoms with Crippen LogP contribution >= 0.6 is 0 Å². The van der Waals surface area contributed by atoms with Crippen molar-refractivity contribution in [1.29, 1.82) is 0 Å². The van der Waals surface area contributed by atoms with E-state index in [4.69, 9.17) is 0 Å². The smallest absolute Gasteiger partial charge is 0.257 e. The number of benzene rings is 2. The minimum absolute atomic E-state index is 0.206. The Bertz CT molecular complexity index is 1250. The molecule has 8 nitrogen and oxygen atoms in total. The van der Waals surface area contributed by atoms with Crippen LogP contribution in [0.25, 0.3) is 11.3 Å². The summed E-state index contributed by atoms with van der Waals surface area (Å²) < 4.78 is 1.63. The van der Waals surface area contributed by atoms with Gasteiger partial charge >= 0.3 is 0 Å². The number of rotatable bonds is 7. The number of nitrogens with one attached hydrogen (secondary N) is 2. The van der Waals surface area contributed by atoms with E-state index < -0.39 is 0 Å². The summed E-state index contributed by atoms with van der Waals surface area (Å²) in [6.07, 6.45) is 1.74. The van der Waals surface area contributed by atoms with E-state index in [1.54, 1.807) is 37.8 Å². The van der Waals surface area contributed by atoms with E-state index >= 15 is 0 Å². The molecule has 2 aromatic carbocycles. The van der Waals surface area contributed by atoms with Crippen molar-refractivity contribution in [2.24, 2.45) is 12.0 Å². The standard InChI is InChI=1S/C26H30N6O2.C2H6/c1-7-22(17(2)27-3)26(34)28-20-13-11-18(12-14-20)23-16-24(32(6)30-23)29-25(33)19-9-8-10-21(15-19)31(4)5;1-2/h7-16H,1-6H3,(H,28,34)(H,29,33);1-2H3/b22-7+,27-17?;.